The van der Waals surface area contributed by atoms with Gasteiger partial charge in [-0.2, -0.15) is 0 Å². The fraction of sp³-hybridized carbons (Fsp3) is 0.357. The zero-order valence-corrected chi connectivity index (χ0v) is 10.7. The van der Waals surface area contributed by atoms with Crippen LogP contribution in [0.4, 0.5) is 5.69 Å². The molecular weight excluding hydrogens is 228 g/mol. The molecule has 2 rings (SSSR count). The molecule has 4 nitrogen and oxygen atoms in total. The molecular formula is C14H18N2O2. The van der Waals surface area contributed by atoms with E-state index < -0.39 is 12.0 Å². The molecule has 0 saturated heterocycles. The number of hydrogen-bond donors (Lipinski definition) is 2. The summed E-state index contributed by atoms with van der Waals surface area (Å²) in [6.45, 7) is 1.99. The van der Waals surface area contributed by atoms with Crippen molar-refractivity contribution >= 4 is 22.6 Å². The van der Waals surface area contributed by atoms with Crippen molar-refractivity contribution in [2.45, 2.75) is 25.8 Å². The Morgan fingerprint density at radius 3 is 2.83 bits per heavy atom. The minimum Gasteiger partial charge on any atom is -0.480 e. The number of rotatable bonds is 5. The van der Waals surface area contributed by atoms with Gasteiger partial charge in [-0.25, -0.2) is 4.79 Å². The predicted molar refractivity (Wildman–Crippen MR) is 72.9 cm³/mol. The summed E-state index contributed by atoms with van der Waals surface area (Å²) < 4.78 is 2.00. The molecule has 0 aliphatic carbocycles. The van der Waals surface area contributed by atoms with Crippen LogP contribution in [0.2, 0.25) is 0 Å². The maximum absolute atomic E-state index is 11.2. The van der Waals surface area contributed by atoms with Crippen LogP contribution >= 0.6 is 0 Å². The Kier molecular flexibility index (Phi) is 3.55. The summed E-state index contributed by atoms with van der Waals surface area (Å²) in [7, 11) is 1.96. The topological polar surface area (TPSA) is 54.3 Å². The van der Waals surface area contributed by atoms with Crippen molar-refractivity contribution < 1.29 is 9.90 Å². The van der Waals surface area contributed by atoms with Crippen LogP contribution in [0.1, 0.15) is 19.8 Å². The average Bonchev–Trinajstić information content (AvgIpc) is 2.66. The van der Waals surface area contributed by atoms with Gasteiger partial charge < -0.3 is 15.0 Å². The van der Waals surface area contributed by atoms with E-state index in [1.807, 2.05) is 49.0 Å². The predicted octanol–water partition coefficient (Wildman–Crippen LogP) is 2.84. The summed E-state index contributed by atoms with van der Waals surface area (Å²) in [6.07, 6.45) is 3.41. The zero-order valence-electron chi connectivity index (χ0n) is 10.7. The van der Waals surface area contributed by atoms with Crippen molar-refractivity contribution in [1.29, 1.82) is 0 Å². The molecule has 1 heterocycles. The van der Waals surface area contributed by atoms with Crippen molar-refractivity contribution in [3.8, 4) is 0 Å². The van der Waals surface area contributed by atoms with E-state index in [1.165, 1.54) is 0 Å². The first-order valence-corrected chi connectivity index (χ1v) is 6.17. The summed E-state index contributed by atoms with van der Waals surface area (Å²) in [5.74, 6) is -0.801. The van der Waals surface area contributed by atoms with E-state index >= 15 is 0 Å². The Balaban J connectivity index is 2.33. The van der Waals surface area contributed by atoms with Gasteiger partial charge in [-0.15, -0.1) is 0 Å². The SMILES string of the molecule is CCCC(Nc1cn(C)c2ccccc12)C(=O)O. The molecule has 1 atom stereocenters. The van der Waals surface area contributed by atoms with E-state index in [0.717, 1.165) is 23.0 Å². The molecule has 2 aromatic rings. The number of anilines is 1. The molecule has 1 unspecified atom stereocenters. The third-order valence-corrected chi connectivity index (χ3v) is 3.10. The van der Waals surface area contributed by atoms with Gasteiger partial charge in [0.15, 0.2) is 0 Å². The first-order valence-electron chi connectivity index (χ1n) is 6.17. The van der Waals surface area contributed by atoms with Gasteiger partial charge >= 0.3 is 5.97 Å². The third kappa shape index (κ3) is 2.32. The lowest BCUT2D eigenvalue weighted by molar-refractivity contribution is -0.138. The Morgan fingerprint density at radius 1 is 1.44 bits per heavy atom. The standard InChI is InChI=1S/C14H18N2O2/c1-3-6-11(14(17)18)15-12-9-16(2)13-8-5-4-7-10(12)13/h4-5,7-9,11,15H,3,6H2,1-2H3,(H,17,18). The molecule has 4 heteroatoms. The summed E-state index contributed by atoms with van der Waals surface area (Å²) in [5, 5.41) is 13.4. The van der Waals surface area contributed by atoms with Crippen molar-refractivity contribution in [3.05, 3.63) is 30.5 Å². The quantitative estimate of drug-likeness (QED) is 0.853. The molecule has 0 aliphatic rings. The largest absolute Gasteiger partial charge is 0.480 e. The molecule has 0 aliphatic heterocycles. The number of benzene rings is 1. The van der Waals surface area contributed by atoms with Crippen LogP contribution in [0.15, 0.2) is 30.5 Å². The van der Waals surface area contributed by atoms with Crippen molar-refractivity contribution in [2.75, 3.05) is 5.32 Å². The summed E-state index contributed by atoms with van der Waals surface area (Å²) in [4.78, 5) is 11.2. The Hall–Kier alpha value is -1.97. The molecule has 0 saturated carbocycles. The van der Waals surface area contributed by atoms with Gasteiger partial charge in [0.05, 0.1) is 5.69 Å². The highest BCUT2D eigenvalue weighted by molar-refractivity contribution is 5.94. The molecule has 1 aromatic heterocycles. The maximum Gasteiger partial charge on any atom is 0.326 e. The molecule has 0 spiro atoms. The van der Waals surface area contributed by atoms with E-state index in [9.17, 15) is 9.90 Å². The maximum atomic E-state index is 11.2. The minimum absolute atomic E-state index is 0.527. The van der Waals surface area contributed by atoms with E-state index in [4.69, 9.17) is 0 Å². The fourth-order valence-corrected chi connectivity index (χ4v) is 2.19. The summed E-state index contributed by atoms with van der Waals surface area (Å²) >= 11 is 0. The highest BCUT2D eigenvalue weighted by Crippen LogP contribution is 2.26. The van der Waals surface area contributed by atoms with Crippen molar-refractivity contribution in [2.24, 2.45) is 7.05 Å². The second kappa shape index (κ2) is 5.12. The minimum atomic E-state index is -0.801. The van der Waals surface area contributed by atoms with E-state index in [2.05, 4.69) is 5.32 Å². The van der Waals surface area contributed by atoms with E-state index in [1.54, 1.807) is 0 Å². The van der Waals surface area contributed by atoms with Crippen LogP contribution in [-0.4, -0.2) is 21.7 Å². The lowest BCUT2D eigenvalue weighted by atomic mass is 10.1. The molecule has 0 radical (unpaired) electrons. The number of nitrogens with zero attached hydrogens (tertiary/aromatic N) is 1. The molecule has 1 aromatic carbocycles. The van der Waals surface area contributed by atoms with Crippen LogP contribution in [0.25, 0.3) is 10.9 Å². The first-order chi connectivity index (χ1) is 8.63. The Morgan fingerprint density at radius 2 is 2.17 bits per heavy atom. The van der Waals surface area contributed by atoms with Gasteiger partial charge in [0.1, 0.15) is 6.04 Å². The number of hydrogen-bond acceptors (Lipinski definition) is 2. The van der Waals surface area contributed by atoms with Gasteiger partial charge in [0.25, 0.3) is 0 Å². The number of carboxylic acids is 1. The molecule has 0 bridgehead atoms. The highest BCUT2D eigenvalue weighted by atomic mass is 16.4. The van der Waals surface area contributed by atoms with E-state index in [0.29, 0.717) is 6.42 Å². The second-order valence-corrected chi connectivity index (χ2v) is 4.49. The number of nitrogens with one attached hydrogen (secondary N) is 1. The number of aromatic nitrogens is 1. The van der Waals surface area contributed by atoms with Crippen LogP contribution in [0, 0.1) is 0 Å². The van der Waals surface area contributed by atoms with Crippen molar-refractivity contribution in [1.82, 2.24) is 4.57 Å². The van der Waals surface area contributed by atoms with Gasteiger partial charge in [-0.3, -0.25) is 0 Å². The number of aliphatic carboxylic acids is 1. The zero-order chi connectivity index (χ0) is 13.1. The second-order valence-electron chi connectivity index (χ2n) is 4.49. The molecule has 96 valence electrons. The van der Waals surface area contributed by atoms with Gasteiger partial charge in [0, 0.05) is 24.1 Å². The van der Waals surface area contributed by atoms with Gasteiger partial charge in [-0.1, -0.05) is 31.5 Å². The number of aryl methyl sites for hydroxylation is 1. The lowest BCUT2D eigenvalue weighted by Gasteiger charge is -2.13. The number of fused-ring (bicyclic) bond motifs is 1. The van der Waals surface area contributed by atoms with Crippen LogP contribution in [0.5, 0.6) is 0 Å². The summed E-state index contributed by atoms with van der Waals surface area (Å²) in [5.41, 5.74) is 1.98. The average molecular weight is 246 g/mol. The molecule has 2 N–H and O–H groups in total. The summed E-state index contributed by atoms with van der Waals surface area (Å²) in [6, 6.07) is 7.44. The van der Waals surface area contributed by atoms with Crippen LogP contribution < -0.4 is 5.32 Å². The third-order valence-electron chi connectivity index (χ3n) is 3.10. The number of para-hydroxylation sites is 1. The highest BCUT2D eigenvalue weighted by Gasteiger charge is 2.17. The van der Waals surface area contributed by atoms with Gasteiger partial charge in [0.2, 0.25) is 0 Å². The Labute approximate surface area is 106 Å². The van der Waals surface area contributed by atoms with Gasteiger partial charge in [-0.05, 0) is 12.5 Å². The molecule has 0 fully saturated rings. The number of carbonyl (C=O) groups is 1. The fourth-order valence-electron chi connectivity index (χ4n) is 2.19. The smallest absolute Gasteiger partial charge is 0.326 e. The normalized spacial score (nSPS) is 12.6. The van der Waals surface area contributed by atoms with Crippen LogP contribution in [0.3, 0.4) is 0 Å². The van der Waals surface area contributed by atoms with E-state index in [-0.39, 0.29) is 0 Å². The molecule has 18 heavy (non-hydrogen) atoms. The number of carboxylic acid groups (broad SMARTS) is 1. The molecule has 0 amide bonds. The monoisotopic (exact) mass is 246 g/mol. The van der Waals surface area contributed by atoms with Crippen molar-refractivity contribution in [3.63, 3.8) is 0 Å². The first kappa shape index (κ1) is 12.5. The Bertz CT molecular complexity index is 560. The van der Waals surface area contributed by atoms with Crippen LogP contribution in [-0.2, 0) is 11.8 Å². The lowest BCUT2D eigenvalue weighted by Crippen LogP contribution is -2.28.